The van der Waals surface area contributed by atoms with Gasteiger partial charge in [0.25, 0.3) is 0 Å². The van der Waals surface area contributed by atoms with Gasteiger partial charge in [0.1, 0.15) is 0 Å². The van der Waals surface area contributed by atoms with Crippen LogP contribution in [0.5, 0.6) is 0 Å². The quantitative estimate of drug-likeness (QED) is 0.146. The Morgan fingerprint density at radius 3 is 1.07 bits per heavy atom. The number of benzene rings is 6. The number of allylic oxidation sites excluding steroid dienone is 8. The Labute approximate surface area is 249 Å². The summed E-state index contributed by atoms with van der Waals surface area (Å²) in [7, 11) is 0. The first-order chi connectivity index (χ1) is 20.7. The summed E-state index contributed by atoms with van der Waals surface area (Å²) in [4.78, 5) is 0. The van der Waals surface area contributed by atoms with Crippen LogP contribution >= 0.6 is 0 Å². The molecule has 0 aliphatic carbocycles. The first-order valence-electron chi connectivity index (χ1n) is 14.9. The molecular formula is C42H36. The molecule has 0 spiro atoms. The lowest BCUT2D eigenvalue weighted by atomic mass is 9.77. The molecule has 0 bridgehead atoms. The molecule has 204 valence electrons. The second-order valence-electron chi connectivity index (χ2n) is 10.6. The summed E-state index contributed by atoms with van der Waals surface area (Å²) in [5, 5.41) is 7.65. The zero-order valence-electron chi connectivity index (χ0n) is 24.9. The molecule has 42 heavy (non-hydrogen) atoms. The van der Waals surface area contributed by atoms with Gasteiger partial charge >= 0.3 is 0 Å². The molecule has 0 radical (unpaired) electrons. The first kappa shape index (κ1) is 27.2. The van der Waals surface area contributed by atoms with Crippen LogP contribution in [0.3, 0.4) is 0 Å². The molecule has 6 rings (SSSR count). The molecule has 0 amide bonds. The van der Waals surface area contributed by atoms with Gasteiger partial charge in [-0.25, -0.2) is 0 Å². The minimum Gasteiger partial charge on any atom is -0.0871 e. The van der Waals surface area contributed by atoms with Crippen LogP contribution in [0.4, 0.5) is 0 Å². The van der Waals surface area contributed by atoms with Crippen molar-refractivity contribution < 1.29 is 0 Å². The Hall–Kier alpha value is -4.94. The van der Waals surface area contributed by atoms with E-state index in [4.69, 9.17) is 0 Å². The molecule has 6 aromatic rings. The van der Waals surface area contributed by atoms with E-state index in [0.717, 1.165) is 0 Å². The van der Waals surface area contributed by atoms with E-state index in [0.29, 0.717) is 0 Å². The van der Waals surface area contributed by atoms with Crippen molar-refractivity contribution in [2.75, 3.05) is 0 Å². The third-order valence-corrected chi connectivity index (χ3v) is 8.20. The zero-order chi connectivity index (χ0) is 29.1. The highest BCUT2D eigenvalue weighted by Crippen LogP contribution is 2.51. The third kappa shape index (κ3) is 4.50. The Morgan fingerprint density at radius 2 is 0.738 bits per heavy atom. The SMILES string of the molecule is C/C=C\C(=C/C)c1c2ccccc2c(-c2ccccc2)c2c(C(/C=C\C)=C/C)c3ccccc3c(-c3ccccc3)c12. The molecule has 0 aromatic heterocycles. The summed E-state index contributed by atoms with van der Waals surface area (Å²) in [6.07, 6.45) is 13.3. The van der Waals surface area contributed by atoms with Crippen molar-refractivity contribution in [3.63, 3.8) is 0 Å². The smallest absolute Gasteiger partial charge is 0.000151 e. The van der Waals surface area contributed by atoms with Gasteiger partial charge in [0.15, 0.2) is 0 Å². The van der Waals surface area contributed by atoms with Crippen molar-refractivity contribution in [1.29, 1.82) is 0 Å². The largest absolute Gasteiger partial charge is 0.0871 e. The highest BCUT2D eigenvalue weighted by Gasteiger charge is 2.25. The van der Waals surface area contributed by atoms with E-state index in [-0.39, 0.29) is 0 Å². The maximum absolute atomic E-state index is 2.30. The van der Waals surface area contributed by atoms with E-state index >= 15 is 0 Å². The first-order valence-corrected chi connectivity index (χ1v) is 14.9. The predicted octanol–water partition coefficient (Wildman–Crippen LogP) is 12.4. The van der Waals surface area contributed by atoms with E-state index in [1.807, 2.05) is 0 Å². The van der Waals surface area contributed by atoms with E-state index in [9.17, 15) is 0 Å². The fourth-order valence-corrected chi connectivity index (χ4v) is 6.54. The van der Waals surface area contributed by atoms with Crippen LogP contribution in [-0.2, 0) is 0 Å². The Morgan fingerprint density at radius 1 is 0.405 bits per heavy atom. The lowest BCUT2D eigenvalue weighted by Gasteiger charge is -2.25. The molecule has 0 saturated heterocycles. The highest BCUT2D eigenvalue weighted by atomic mass is 14.3. The van der Waals surface area contributed by atoms with Crippen LogP contribution in [-0.4, -0.2) is 0 Å². The predicted molar refractivity (Wildman–Crippen MR) is 187 cm³/mol. The lowest BCUT2D eigenvalue weighted by Crippen LogP contribution is -2.00. The molecule has 0 atom stereocenters. The average Bonchev–Trinajstić information content (AvgIpc) is 3.05. The maximum atomic E-state index is 2.30. The zero-order valence-corrected chi connectivity index (χ0v) is 24.9. The van der Waals surface area contributed by atoms with Crippen molar-refractivity contribution in [3.05, 3.63) is 157 Å². The van der Waals surface area contributed by atoms with Gasteiger partial charge in [0.05, 0.1) is 0 Å². The number of hydrogen-bond donors (Lipinski definition) is 0. The number of rotatable bonds is 6. The average molecular weight is 541 g/mol. The summed E-state index contributed by atoms with van der Waals surface area (Å²) < 4.78 is 0. The molecule has 0 nitrogen and oxygen atoms in total. The van der Waals surface area contributed by atoms with Gasteiger partial charge in [-0.15, -0.1) is 0 Å². The molecule has 0 N–H and O–H groups in total. The molecule has 0 fully saturated rings. The van der Waals surface area contributed by atoms with Crippen molar-refractivity contribution in [3.8, 4) is 22.3 Å². The summed E-state index contributed by atoms with van der Waals surface area (Å²) in [5.74, 6) is 0. The van der Waals surface area contributed by atoms with Crippen LogP contribution in [0.25, 0.3) is 65.7 Å². The van der Waals surface area contributed by atoms with Crippen LogP contribution < -0.4 is 0 Å². The Balaban J connectivity index is 2.08. The van der Waals surface area contributed by atoms with Gasteiger partial charge in [-0.2, -0.15) is 0 Å². The molecule has 0 aliphatic heterocycles. The molecule has 0 saturated carbocycles. The minimum atomic E-state index is 1.23. The molecular weight excluding hydrogens is 504 g/mol. The van der Waals surface area contributed by atoms with Gasteiger partial charge < -0.3 is 0 Å². The lowest BCUT2D eigenvalue weighted by molar-refractivity contribution is 1.61. The normalized spacial score (nSPS) is 12.9. The molecule has 0 unspecified atom stereocenters. The maximum Gasteiger partial charge on any atom is -0.000151 e. The van der Waals surface area contributed by atoms with E-state index in [1.54, 1.807) is 0 Å². The second kappa shape index (κ2) is 11.9. The van der Waals surface area contributed by atoms with E-state index in [1.165, 1.54) is 76.8 Å². The van der Waals surface area contributed by atoms with Gasteiger partial charge in [-0.3, -0.25) is 0 Å². The van der Waals surface area contributed by atoms with Gasteiger partial charge in [-0.1, -0.05) is 146 Å². The Bertz CT molecular complexity index is 1880. The van der Waals surface area contributed by atoms with Crippen LogP contribution in [0.1, 0.15) is 38.8 Å². The molecule has 0 heterocycles. The summed E-state index contributed by atoms with van der Waals surface area (Å²) in [5.41, 5.74) is 10.0. The second-order valence-corrected chi connectivity index (χ2v) is 10.6. The van der Waals surface area contributed by atoms with Crippen LogP contribution in [0, 0.1) is 0 Å². The Kier molecular flexibility index (Phi) is 7.71. The van der Waals surface area contributed by atoms with Crippen molar-refractivity contribution in [2.45, 2.75) is 27.7 Å². The standard InChI is InChI=1S/C42H36/c1-5-19-29(7-3)37-33-25-15-17-27-35(33)40(32-23-13-10-14-24-32)42-38(30(8-4)20-6-2)34-26-16-18-28-36(34)39(41(37)42)31-21-11-9-12-22-31/h5-28H,1-4H3/b19-5-,20-6-,29-7+,30-8+. The topological polar surface area (TPSA) is 0 Å². The van der Waals surface area contributed by atoms with Crippen molar-refractivity contribution >= 4 is 43.5 Å². The van der Waals surface area contributed by atoms with Crippen molar-refractivity contribution in [1.82, 2.24) is 0 Å². The van der Waals surface area contributed by atoms with Crippen LogP contribution in [0.2, 0.25) is 0 Å². The monoisotopic (exact) mass is 540 g/mol. The third-order valence-electron chi connectivity index (χ3n) is 8.20. The molecule has 0 heteroatoms. The highest BCUT2D eigenvalue weighted by molar-refractivity contribution is 6.30. The van der Waals surface area contributed by atoms with Gasteiger partial charge in [0, 0.05) is 0 Å². The summed E-state index contributed by atoms with van der Waals surface area (Å²) in [6, 6.07) is 39.8. The number of fused-ring (bicyclic) bond motifs is 3. The van der Waals surface area contributed by atoms with E-state index in [2.05, 4.69) is 173 Å². The fraction of sp³-hybridized carbons (Fsp3) is 0.0952. The summed E-state index contributed by atoms with van der Waals surface area (Å²) >= 11 is 0. The van der Waals surface area contributed by atoms with Crippen molar-refractivity contribution in [2.24, 2.45) is 0 Å². The van der Waals surface area contributed by atoms with E-state index < -0.39 is 0 Å². The minimum absolute atomic E-state index is 1.23. The molecule has 6 aromatic carbocycles. The fourth-order valence-electron chi connectivity index (χ4n) is 6.54. The van der Waals surface area contributed by atoms with Gasteiger partial charge in [0.2, 0.25) is 0 Å². The number of hydrogen-bond acceptors (Lipinski definition) is 0. The summed E-state index contributed by atoms with van der Waals surface area (Å²) in [6.45, 7) is 8.52. The molecule has 0 aliphatic rings. The van der Waals surface area contributed by atoms with Gasteiger partial charge in [-0.05, 0) is 105 Å². The van der Waals surface area contributed by atoms with Crippen LogP contribution in [0.15, 0.2) is 146 Å².